The van der Waals surface area contributed by atoms with E-state index >= 15 is 0 Å². The zero-order valence-electron chi connectivity index (χ0n) is 13.2. The smallest absolute Gasteiger partial charge is 0.193 e. The number of benzene rings is 1. The predicted octanol–water partition coefficient (Wildman–Crippen LogP) is 3.16. The van der Waals surface area contributed by atoms with Crippen LogP contribution in [0.2, 0.25) is 5.02 Å². The first-order valence-electron chi connectivity index (χ1n) is 7.49. The Hall–Kier alpha value is -1.26. The van der Waals surface area contributed by atoms with Gasteiger partial charge in [-0.1, -0.05) is 29.8 Å². The van der Waals surface area contributed by atoms with Crippen molar-refractivity contribution in [2.45, 2.75) is 26.8 Å². The molecule has 0 spiro atoms. The standard InChI is InChI=1S/C16H26ClN3O/c1-4-18-16(19-11-8-12-21-5-2)20(3)13-14-9-6-7-10-15(14)17/h6-7,9-10H,4-5,8,11-13H2,1-3H3,(H,18,19). The highest BCUT2D eigenvalue weighted by Gasteiger charge is 2.08. The fraction of sp³-hybridized carbons (Fsp3) is 0.562. The van der Waals surface area contributed by atoms with Gasteiger partial charge in [0, 0.05) is 44.9 Å². The Morgan fingerprint density at radius 2 is 2.10 bits per heavy atom. The molecule has 0 unspecified atom stereocenters. The van der Waals surface area contributed by atoms with Crippen LogP contribution in [0.3, 0.4) is 0 Å². The van der Waals surface area contributed by atoms with Crippen molar-refractivity contribution < 1.29 is 4.74 Å². The molecule has 21 heavy (non-hydrogen) atoms. The molecule has 0 bridgehead atoms. The lowest BCUT2D eigenvalue weighted by Crippen LogP contribution is -2.38. The summed E-state index contributed by atoms with van der Waals surface area (Å²) in [7, 11) is 2.02. The van der Waals surface area contributed by atoms with Crippen molar-refractivity contribution in [3.8, 4) is 0 Å². The molecule has 4 nitrogen and oxygen atoms in total. The van der Waals surface area contributed by atoms with Crippen LogP contribution in [0.5, 0.6) is 0 Å². The fourth-order valence-electron chi connectivity index (χ4n) is 1.92. The number of ether oxygens (including phenoxy) is 1. The molecule has 0 saturated carbocycles. The summed E-state index contributed by atoms with van der Waals surface area (Å²) in [4.78, 5) is 6.71. The number of nitrogens with zero attached hydrogens (tertiary/aromatic N) is 2. The molecule has 1 N–H and O–H groups in total. The van der Waals surface area contributed by atoms with E-state index in [1.54, 1.807) is 0 Å². The van der Waals surface area contributed by atoms with E-state index in [-0.39, 0.29) is 0 Å². The Morgan fingerprint density at radius 1 is 1.33 bits per heavy atom. The maximum Gasteiger partial charge on any atom is 0.193 e. The highest BCUT2D eigenvalue weighted by molar-refractivity contribution is 6.31. The minimum atomic E-state index is 0.733. The van der Waals surface area contributed by atoms with E-state index in [9.17, 15) is 0 Å². The molecule has 0 saturated heterocycles. The lowest BCUT2D eigenvalue weighted by molar-refractivity contribution is 0.146. The summed E-state index contributed by atoms with van der Waals surface area (Å²) < 4.78 is 5.33. The first kappa shape index (κ1) is 17.8. The Kier molecular flexibility index (Phi) is 8.87. The van der Waals surface area contributed by atoms with Crippen molar-refractivity contribution in [3.05, 3.63) is 34.9 Å². The topological polar surface area (TPSA) is 36.9 Å². The van der Waals surface area contributed by atoms with Crippen molar-refractivity contribution in [3.63, 3.8) is 0 Å². The SMILES string of the molecule is CCNC(=NCCCOCC)N(C)Cc1ccccc1Cl. The van der Waals surface area contributed by atoms with Gasteiger partial charge in [-0.3, -0.25) is 4.99 Å². The monoisotopic (exact) mass is 311 g/mol. The zero-order chi connectivity index (χ0) is 15.5. The second-order valence-electron chi connectivity index (χ2n) is 4.73. The summed E-state index contributed by atoms with van der Waals surface area (Å²) >= 11 is 6.21. The largest absolute Gasteiger partial charge is 0.382 e. The molecule has 0 aliphatic heterocycles. The van der Waals surface area contributed by atoms with Gasteiger partial charge in [-0.15, -0.1) is 0 Å². The number of hydrogen-bond donors (Lipinski definition) is 1. The van der Waals surface area contributed by atoms with Crippen molar-refractivity contribution in [2.75, 3.05) is 33.4 Å². The number of nitrogens with one attached hydrogen (secondary N) is 1. The minimum Gasteiger partial charge on any atom is -0.382 e. The Bertz CT molecular complexity index is 437. The van der Waals surface area contributed by atoms with Crippen LogP contribution in [0.15, 0.2) is 29.3 Å². The molecule has 5 heteroatoms. The Balaban J connectivity index is 2.58. The van der Waals surface area contributed by atoms with Crippen LogP contribution in [0.25, 0.3) is 0 Å². The maximum atomic E-state index is 6.21. The summed E-state index contributed by atoms with van der Waals surface area (Å²) in [5.41, 5.74) is 1.10. The van der Waals surface area contributed by atoms with Crippen molar-refractivity contribution in [2.24, 2.45) is 4.99 Å². The van der Waals surface area contributed by atoms with Gasteiger partial charge in [-0.25, -0.2) is 0 Å². The second-order valence-corrected chi connectivity index (χ2v) is 5.14. The van der Waals surface area contributed by atoms with Crippen LogP contribution < -0.4 is 5.32 Å². The van der Waals surface area contributed by atoms with E-state index in [0.29, 0.717) is 0 Å². The van der Waals surface area contributed by atoms with Gasteiger partial charge in [-0.05, 0) is 31.9 Å². The van der Waals surface area contributed by atoms with Crippen LogP contribution >= 0.6 is 11.6 Å². The van der Waals surface area contributed by atoms with Crippen molar-refractivity contribution in [1.82, 2.24) is 10.2 Å². The fourth-order valence-corrected chi connectivity index (χ4v) is 2.12. The zero-order valence-corrected chi connectivity index (χ0v) is 14.0. The van der Waals surface area contributed by atoms with Crippen LogP contribution in [-0.4, -0.2) is 44.2 Å². The van der Waals surface area contributed by atoms with Crippen LogP contribution in [0, 0.1) is 0 Å². The van der Waals surface area contributed by atoms with Crippen molar-refractivity contribution in [1.29, 1.82) is 0 Å². The average molecular weight is 312 g/mol. The van der Waals surface area contributed by atoms with E-state index in [2.05, 4.69) is 22.1 Å². The third kappa shape index (κ3) is 6.82. The summed E-state index contributed by atoms with van der Waals surface area (Å²) in [6.45, 7) is 7.93. The third-order valence-corrected chi connectivity index (χ3v) is 3.34. The first-order valence-corrected chi connectivity index (χ1v) is 7.87. The number of aliphatic imine (C=N–C) groups is 1. The van der Waals surface area contributed by atoms with Crippen LogP contribution in [-0.2, 0) is 11.3 Å². The van der Waals surface area contributed by atoms with Gasteiger partial charge < -0.3 is 15.0 Å². The molecule has 1 aromatic carbocycles. The van der Waals surface area contributed by atoms with Crippen LogP contribution in [0.4, 0.5) is 0 Å². The number of guanidine groups is 1. The molecule has 0 aromatic heterocycles. The number of halogens is 1. The molecule has 1 rings (SSSR count). The lowest BCUT2D eigenvalue weighted by atomic mass is 10.2. The van der Waals surface area contributed by atoms with E-state index in [1.807, 2.05) is 38.2 Å². The summed E-state index contributed by atoms with van der Waals surface area (Å²) in [6, 6.07) is 7.90. The second kappa shape index (κ2) is 10.5. The molecule has 0 fully saturated rings. The average Bonchev–Trinajstić information content (AvgIpc) is 2.48. The summed E-state index contributed by atoms with van der Waals surface area (Å²) in [6.07, 6.45) is 0.933. The van der Waals surface area contributed by atoms with Gasteiger partial charge in [0.15, 0.2) is 5.96 Å². The van der Waals surface area contributed by atoms with Gasteiger partial charge in [0.25, 0.3) is 0 Å². The highest BCUT2D eigenvalue weighted by Crippen LogP contribution is 2.16. The highest BCUT2D eigenvalue weighted by atomic mass is 35.5. The Morgan fingerprint density at radius 3 is 2.76 bits per heavy atom. The number of hydrogen-bond acceptors (Lipinski definition) is 2. The predicted molar refractivity (Wildman–Crippen MR) is 90.0 cm³/mol. The first-order chi connectivity index (χ1) is 10.2. The molecule has 0 aliphatic rings. The molecule has 1 aromatic rings. The normalized spacial score (nSPS) is 11.5. The van der Waals surface area contributed by atoms with E-state index < -0.39 is 0 Å². The lowest BCUT2D eigenvalue weighted by Gasteiger charge is -2.22. The molecule has 118 valence electrons. The van der Waals surface area contributed by atoms with Gasteiger partial charge in [0.1, 0.15) is 0 Å². The summed E-state index contributed by atoms with van der Waals surface area (Å²) in [5, 5.41) is 4.09. The van der Waals surface area contributed by atoms with Crippen LogP contribution in [0.1, 0.15) is 25.8 Å². The van der Waals surface area contributed by atoms with E-state index in [4.69, 9.17) is 16.3 Å². The molecule has 0 heterocycles. The molecular formula is C16H26ClN3O. The van der Waals surface area contributed by atoms with E-state index in [1.165, 1.54) is 0 Å². The number of rotatable bonds is 8. The summed E-state index contributed by atoms with van der Waals surface area (Å²) in [5.74, 6) is 0.897. The quantitative estimate of drug-likeness (QED) is 0.455. The third-order valence-electron chi connectivity index (χ3n) is 2.97. The molecule has 0 atom stereocenters. The van der Waals surface area contributed by atoms with Gasteiger partial charge in [0.05, 0.1) is 0 Å². The van der Waals surface area contributed by atoms with Gasteiger partial charge in [-0.2, -0.15) is 0 Å². The Labute approximate surface area is 133 Å². The molecular weight excluding hydrogens is 286 g/mol. The minimum absolute atomic E-state index is 0.733. The van der Waals surface area contributed by atoms with Gasteiger partial charge in [0.2, 0.25) is 0 Å². The molecule has 0 amide bonds. The van der Waals surface area contributed by atoms with Gasteiger partial charge >= 0.3 is 0 Å². The maximum absolute atomic E-state index is 6.21. The van der Waals surface area contributed by atoms with Crippen molar-refractivity contribution >= 4 is 17.6 Å². The molecule has 0 aliphatic carbocycles. The van der Waals surface area contributed by atoms with E-state index in [0.717, 1.165) is 55.8 Å². The molecule has 0 radical (unpaired) electrons.